The van der Waals surface area contributed by atoms with Crippen LogP contribution in [0, 0.1) is 0 Å². The molecule has 1 amide bonds. The number of unbranched alkanes of at least 4 members (excludes halogenated alkanes) is 1. The molecule has 17 heavy (non-hydrogen) atoms. The molecule has 0 unspecified atom stereocenters. The van der Waals surface area contributed by atoms with Gasteiger partial charge in [-0.3, -0.25) is 4.79 Å². The molecule has 0 fully saturated rings. The molecule has 0 aliphatic carbocycles. The van der Waals surface area contributed by atoms with Gasteiger partial charge < -0.3 is 5.73 Å². The number of aromatic nitrogens is 2. The van der Waals surface area contributed by atoms with Crippen LogP contribution in [-0.4, -0.2) is 15.9 Å². The lowest BCUT2D eigenvalue weighted by atomic mass is 10.1. The predicted octanol–water partition coefficient (Wildman–Crippen LogP) is 2.07. The van der Waals surface area contributed by atoms with Crippen LogP contribution in [0.1, 0.15) is 36.1 Å². The summed E-state index contributed by atoms with van der Waals surface area (Å²) in [4.78, 5) is 19.6. The van der Waals surface area contributed by atoms with Crippen molar-refractivity contribution in [1.82, 2.24) is 9.97 Å². The van der Waals surface area contributed by atoms with Gasteiger partial charge in [-0.15, -0.1) is 0 Å². The number of primary amides is 1. The number of rotatable bonds is 4. The Balaban J connectivity index is 2.56. The highest BCUT2D eigenvalue weighted by atomic mass is 16.1. The highest BCUT2D eigenvalue weighted by molar-refractivity contribution is 5.92. The van der Waals surface area contributed by atoms with Gasteiger partial charge in [-0.1, -0.05) is 31.5 Å². The van der Waals surface area contributed by atoms with Crippen molar-refractivity contribution in [2.24, 2.45) is 5.73 Å². The van der Waals surface area contributed by atoms with Crippen molar-refractivity contribution < 1.29 is 4.79 Å². The number of fused-ring (bicyclic) bond motifs is 1. The Morgan fingerprint density at radius 2 is 2.06 bits per heavy atom. The topological polar surface area (TPSA) is 68.9 Å². The number of carbonyl (C=O) groups excluding carboxylic acids is 1. The first-order valence-corrected chi connectivity index (χ1v) is 5.78. The summed E-state index contributed by atoms with van der Waals surface area (Å²) in [5, 5.41) is 1.01. The predicted molar refractivity (Wildman–Crippen MR) is 66.7 cm³/mol. The molecular formula is C13H15N3O. The van der Waals surface area contributed by atoms with Crippen LogP contribution in [-0.2, 0) is 6.42 Å². The molecule has 4 heteroatoms. The monoisotopic (exact) mass is 229 g/mol. The van der Waals surface area contributed by atoms with E-state index in [-0.39, 0.29) is 5.82 Å². The van der Waals surface area contributed by atoms with Crippen molar-refractivity contribution in [2.75, 3.05) is 0 Å². The minimum atomic E-state index is -0.575. The molecule has 0 aliphatic rings. The van der Waals surface area contributed by atoms with Crippen molar-refractivity contribution in [3.05, 3.63) is 35.8 Å². The highest BCUT2D eigenvalue weighted by Gasteiger charge is 2.10. The lowest BCUT2D eigenvalue weighted by molar-refractivity contribution is 0.0990. The molecule has 2 rings (SSSR count). The Morgan fingerprint density at radius 3 is 2.76 bits per heavy atom. The fraction of sp³-hybridized carbons (Fsp3) is 0.308. The van der Waals surface area contributed by atoms with E-state index in [4.69, 9.17) is 5.73 Å². The van der Waals surface area contributed by atoms with Gasteiger partial charge in [-0.25, -0.2) is 9.97 Å². The third kappa shape index (κ3) is 2.41. The number of para-hydroxylation sites is 1. The molecule has 0 spiro atoms. The molecule has 2 aromatic rings. The minimum Gasteiger partial charge on any atom is -0.363 e. The Morgan fingerprint density at radius 1 is 1.29 bits per heavy atom. The number of nitrogens with two attached hydrogens (primary N) is 1. The van der Waals surface area contributed by atoms with Crippen LogP contribution in [0.2, 0.25) is 0 Å². The molecule has 0 saturated carbocycles. The molecule has 0 radical (unpaired) electrons. The molecule has 0 atom stereocenters. The summed E-state index contributed by atoms with van der Waals surface area (Å²) < 4.78 is 0. The summed E-state index contributed by atoms with van der Waals surface area (Å²) in [5.74, 6) is -0.469. The quantitative estimate of drug-likeness (QED) is 0.872. The summed E-state index contributed by atoms with van der Waals surface area (Å²) in [6, 6.07) is 7.69. The van der Waals surface area contributed by atoms with E-state index in [0.717, 1.165) is 35.9 Å². The second kappa shape index (κ2) is 4.91. The van der Waals surface area contributed by atoms with Gasteiger partial charge in [0.25, 0.3) is 5.91 Å². The number of carbonyl (C=O) groups is 1. The van der Waals surface area contributed by atoms with Crippen LogP contribution in [0.5, 0.6) is 0 Å². The standard InChI is InChI=1S/C13H15N3O/c1-2-3-7-10-9-6-4-5-8-11(9)16-13(15-10)12(14)17/h4-6,8H,2-3,7H2,1H3,(H2,14,17). The van der Waals surface area contributed by atoms with Crippen LogP contribution < -0.4 is 5.73 Å². The number of nitrogens with zero attached hydrogens (tertiary/aromatic N) is 2. The van der Waals surface area contributed by atoms with Gasteiger partial charge in [0, 0.05) is 5.39 Å². The smallest absolute Gasteiger partial charge is 0.286 e. The maximum atomic E-state index is 11.2. The molecule has 2 N–H and O–H groups in total. The average molecular weight is 229 g/mol. The van der Waals surface area contributed by atoms with E-state index in [2.05, 4.69) is 16.9 Å². The van der Waals surface area contributed by atoms with Crippen LogP contribution in [0.3, 0.4) is 0 Å². The fourth-order valence-corrected chi connectivity index (χ4v) is 1.79. The Kier molecular flexibility index (Phi) is 3.32. The van der Waals surface area contributed by atoms with E-state index >= 15 is 0 Å². The van der Waals surface area contributed by atoms with Gasteiger partial charge in [0.15, 0.2) is 0 Å². The van der Waals surface area contributed by atoms with Crippen molar-refractivity contribution >= 4 is 16.8 Å². The summed E-state index contributed by atoms with van der Waals surface area (Å²) in [5.41, 5.74) is 6.93. The zero-order chi connectivity index (χ0) is 12.3. The van der Waals surface area contributed by atoms with Gasteiger partial charge in [-0.2, -0.15) is 0 Å². The maximum absolute atomic E-state index is 11.2. The van der Waals surface area contributed by atoms with Crippen LogP contribution in [0.15, 0.2) is 24.3 Å². The first kappa shape index (κ1) is 11.5. The van der Waals surface area contributed by atoms with Gasteiger partial charge >= 0.3 is 0 Å². The van der Waals surface area contributed by atoms with E-state index in [1.165, 1.54) is 0 Å². The normalized spacial score (nSPS) is 10.6. The molecule has 1 heterocycles. The van der Waals surface area contributed by atoms with Crippen molar-refractivity contribution in [1.29, 1.82) is 0 Å². The van der Waals surface area contributed by atoms with Crippen LogP contribution in [0.25, 0.3) is 10.9 Å². The number of aryl methyl sites for hydroxylation is 1. The van der Waals surface area contributed by atoms with Crippen molar-refractivity contribution in [3.63, 3.8) is 0 Å². The minimum absolute atomic E-state index is 0.106. The summed E-state index contributed by atoms with van der Waals surface area (Å²) in [7, 11) is 0. The molecule has 1 aromatic carbocycles. The lowest BCUT2D eigenvalue weighted by Crippen LogP contribution is -2.16. The molecular weight excluding hydrogens is 214 g/mol. The first-order valence-electron chi connectivity index (χ1n) is 5.78. The van der Waals surface area contributed by atoms with Crippen LogP contribution >= 0.6 is 0 Å². The first-order chi connectivity index (χ1) is 8.22. The van der Waals surface area contributed by atoms with E-state index in [9.17, 15) is 4.79 Å². The zero-order valence-corrected chi connectivity index (χ0v) is 9.81. The summed E-state index contributed by atoms with van der Waals surface area (Å²) in [6.45, 7) is 2.12. The van der Waals surface area contributed by atoms with Gasteiger partial charge in [0.05, 0.1) is 11.2 Å². The molecule has 0 saturated heterocycles. The van der Waals surface area contributed by atoms with Crippen molar-refractivity contribution in [3.8, 4) is 0 Å². The summed E-state index contributed by atoms with van der Waals surface area (Å²) >= 11 is 0. The number of amides is 1. The van der Waals surface area contributed by atoms with Gasteiger partial charge in [0.1, 0.15) is 0 Å². The Hall–Kier alpha value is -1.97. The SMILES string of the molecule is CCCCc1nc(C(N)=O)nc2ccccc12. The number of hydrogen-bond acceptors (Lipinski definition) is 3. The van der Waals surface area contributed by atoms with Crippen molar-refractivity contribution in [2.45, 2.75) is 26.2 Å². The fourth-order valence-electron chi connectivity index (χ4n) is 1.79. The van der Waals surface area contributed by atoms with Crippen LogP contribution in [0.4, 0.5) is 0 Å². The zero-order valence-electron chi connectivity index (χ0n) is 9.81. The third-order valence-corrected chi connectivity index (χ3v) is 2.67. The molecule has 1 aromatic heterocycles. The number of hydrogen-bond donors (Lipinski definition) is 1. The average Bonchev–Trinajstić information content (AvgIpc) is 2.35. The van der Waals surface area contributed by atoms with Gasteiger partial charge in [-0.05, 0) is 18.9 Å². The maximum Gasteiger partial charge on any atom is 0.286 e. The Bertz CT molecular complexity index is 551. The number of benzene rings is 1. The largest absolute Gasteiger partial charge is 0.363 e. The third-order valence-electron chi connectivity index (χ3n) is 2.67. The highest BCUT2D eigenvalue weighted by Crippen LogP contribution is 2.17. The lowest BCUT2D eigenvalue weighted by Gasteiger charge is -2.06. The van der Waals surface area contributed by atoms with E-state index in [1.54, 1.807) is 0 Å². The van der Waals surface area contributed by atoms with Gasteiger partial charge in [0.2, 0.25) is 5.82 Å². The molecule has 88 valence electrons. The molecule has 0 aliphatic heterocycles. The Labute approximate surface area is 99.9 Å². The second-order valence-electron chi connectivity index (χ2n) is 3.98. The second-order valence-corrected chi connectivity index (χ2v) is 3.98. The van der Waals surface area contributed by atoms with E-state index < -0.39 is 5.91 Å². The molecule has 4 nitrogen and oxygen atoms in total. The van der Waals surface area contributed by atoms with E-state index in [1.807, 2.05) is 24.3 Å². The molecule has 0 bridgehead atoms. The van der Waals surface area contributed by atoms with E-state index in [0.29, 0.717) is 0 Å². The summed E-state index contributed by atoms with van der Waals surface area (Å²) in [6.07, 6.45) is 2.98.